The Labute approximate surface area is 103 Å². The fraction of sp³-hybridized carbons (Fsp3) is 0.769. The average molecular weight is 238 g/mol. The van der Waals surface area contributed by atoms with Crippen LogP contribution in [0.4, 0.5) is 0 Å². The SMILES string of the molecule is O=C(C=C1CCNCC1)NCC1CCOCC1. The minimum Gasteiger partial charge on any atom is -0.381 e. The van der Waals surface area contributed by atoms with Crippen LogP contribution in [0, 0.1) is 5.92 Å². The topological polar surface area (TPSA) is 50.4 Å². The van der Waals surface area contributed by atoms with Crippen LogP contribution in [0.5, 0.6) is 0 Å². The second-order valence-corrected chi connectivity index (χ2v) is 4.85. The van der Waals surface area contributed by atoms with Gasteiger partial charge in [-0.2, -0.15) is 0 Å². The van der Waals surface area contributed by atoms with Crippen LogP contribution >= 0.6 is 0 Å². The first-order valence-electron chi connectivity index (χ1n) is 6.60. The van der Waals surface area contributed by atoms with E-state index in [0.29, 0.717) is 5.92 Å². The molecule has 2 fully saturated rings. The van der Waals surface area contributed by atoms with Crippen LogP contribution < -0.4 is 10.6 Å². The molecule has 17 heavy (non-hydrogen) atoms. The quantitative estimate of drug-likeness (QED) is 0.716. The normalized spacial score (nSPS) is 22.2. The van der Waals surface area contributed by atoms with Gasteiger partial charge in [0.25, 0.3) is 0 Å². The highest BCUT2D eigenvalue weighted by molar-refractivity contribution is 5.88. The van der Waals surface area contributed by atoms with Crippen molar-refractivity contribution >= 4 is 5.91 Å². The van der Waals surface area contributed by atoms with Crippen LogP contribution in [-0.2, 0) is 9.53 Å². The van der Waals surface area contributed by atoms with E-state index in [-0.39, 0.29) is 5.91 Å². The number of ether oxygens (including phenoxy) is 1. The van der Waals surface area contributed by atoms with E-state index >= 15 is 0 Å². The molecule has 2 N–H and O–H groups in total. The Morgan fingerprint density at radius 3 is 2.76 bits per heavy atom. The van der Waals surface area contributed by atoms with E-state index in [1.54, 1.807) is 6.08 Å². The van der Waals surface area contributed by atoms with Crippen LogP contribution in [0.25, 0.3) is 0 Å². The maximum atomic E-state index is 11.7. The number of carbonyl (C=O) groups excluding carboxylic acids is 1. The summed E-state index contributed by atoms with van der Waals surface area (Å²) in [6.45, 7) is 4.48. The summed E-state index contributed by atoms with van der Waals surface area (Å²) in [4.78, 5) is 11.7. The monoisotopic (exact) mass is 238 g/mol. The molecule has 2 aliphatic heterocycles. The predicted octanol–water partition coefficient (Wildman–Crippen LogP) is 0.839. The Bertz CT molecular complexity index is 275. The summed E-state index contributed by atoms with van der Waals surface area (Å²) in [5.74, 6) is 0.674. The van der Waals surface area contributed by atoms with Gasteiger partial charge in [0.05, 0.1) is 0 Å². The molecule has 96 valence electrons. The van der Waals surface area contributed by atoms with E-state index in [1.807, 2.05) is 0 Å². The van der Waals surface area contributed by atoms with Gasteiger partial charge in [-0.1, -0.05) is 5.57 Å². The largest absolute Gasteiger partial charge is 0.381 e. The first-order valence-corrected chi connectivity index (χ1v) is 6.60. The summed E-state index contributed by atoms with van der Waals surface area (Å²) >= 11 is 0. The Balaban J connectivity index is 1.69. The Morgan fingerprint density at radius 1 is 1.35 bits per heavy atom. The van der Waals surface area contributed by atoms with Gasteiger partial charge >= 0.3 is 0 Å². The summed E-state index contributed by atoms with van der Waals surface area (Å²) in [6, 6.07) is 0. The van der Waals surface area contributed by atoms with Gasteiger partial charge in [0.15, 0.2) is 0 Å². The molecule has 2 rings (SSSR count). The lowest BCUT2D eigenvalue weighted by Crippen LogP contribution is -2.31. The van der Waals surface area contributed by atoms with Crippen LogP contribution in [0.2, 0.25) is 0 Å². The molecule has 0 unspecified atom stereocenters. The number of hydrogen-bond donors (Lipinski definition) is 2. The zero-order chi connectivity index (χ0) is 11.9. The van der Waals surface area contributed by atoms with Crippen LogP contribution in [0.1, 0.15) is 25.7 Å². The summed E-state index contributed by atoms with van der Waals surface area (Å²) in [6.07, 6.45) is 5.94. The van der Waals surface area contributed by atoms with Gasteiger partial charge in [-0.15, -0.1) is 0 Å². The van der Waals surface area contributed by atoms with Gasteiger partial charge in [-0.25, -0.2) is 0 Å². The van der Waals surface area contributed by atoms with Crippen LogP contribution in [-0.4, -0.2) is 38.8 Å². The van der Waals surface area contributed by atoms with Crippen molar-refractivity contribution in [1.29, 1.82) is 0 Å². The van der Waals surface area contributed by atoms with Crippen molar-refractivity contribution in [3.63, 3.8) is 0 Å². The van der Waals surface area contributed by atoms with Gasteiger partial charge in [-0.3, -0.25) is 4.79 Å². The zero-order valence-electron chi connectivity index (χ0n) is 10.3. The molecule has 4 heteroatoms. The fourth-order valence-corrected chi connectivity index (χ4v) is 2.32. The molecule has 0 spiro atoms. The fourth-order valence-electron chi connectivity index (χ4n) is 2.32. The molecule has 0 aromatic heterocycles. The lowest BCUT2D eigenvalue weighted by Gasteiger charge is -2.22. The van der Waals surface area contributed by atoms with Gasteiger partial charge < -0.3 is 15.4 Å². The average Bonchev–Trinajstić information content (AvgIpc) is 2.39. The smallest absolute Gasteiger partial charge is 0.243 e. The molecule has 0 radical (unpaired) electrons. The van der Waals surface area contributed by atoms with Crippen molar-refractivity contribution in [3.05, 3.63) is 11.6 Å². The van der Waals surface area contributed by atoms with Gasteiger partial charge in [0.1, 0.15) is 0 Å². The Hall–Kier alpha value is -0.870. The van der Waals surface area contributed by atoms with E-state index in [1.165, 1.54) is 5.57 Å². The number of carbonyl (C=O) groups is 1. The number of nitrogens with one attached hydrogen (secondary N) is 2. The molecule has 0 saturated carbocycles. The van der Waals surface area contributed by atoms with Crippen LogP contribution in [0.3, 0.4) is 0 Å². The van der Waals surface area contributed by atoms with Crippen molar-refractivity contribution in [2.75, 3.05) is 32.8 Å². The van der Waals surface area contributed by atoms with Crippen molar-refractivity contribution in [1.82, 2.24) is 10.6 Å². The molecule has 4 nitrogen and oxygen atoms in total. The predicted molar refractivity (Wildman–Crippen MR) is 66.7 cm³/mol. The van der Waals surface area contributed by atoms with Crippen molar-refractivity contribution in [3.8, 4) is 0 Å². The maximum Gasteiger partial charge on any atom is 0.243 e. The van der Waals surface area contributed by atoms with E-state index in [9.17, 15) is 4.79 Å². The highest BCUT2D eigenvalue weighted by Gasteiger charge is 2.14. The minimum absolute atomic E-state index is 0.0772. The number of rotatable bonds is 3. The molecule has 0 bridgehead atoms. The molecule has 0 aromatic carbocycles. The van der Waals surface area contributed by atoms with E-state index in [2.05, 4.69) is 10.6 Å². The third-order valence-electron chi connectivity index (χ3n) is 3.49. The molecule has 2 aliphatic rings. The second-order valence-electron chi connectivity index (χ2n) is 4.85. The minimum atomic E-state index is 0.0772. The second kappa shape index (κ2) is 6.77. The van der Waals surface area contributed by atoms with Gasteiger partial charge in [0.2, 0.25) is 5.91 Å². The zero-order valence-corrected chi connectivity index (χ0v) is 10.3. The molecule has 0 aliphatic carbocycles. The molecular formula is C13H22N2O2. The van der Waals surface area contributed by atoms with E-state index < -0.39 is 0 Å². The van der Waals surface area contributed by atoms with Crippen molar-refractivity contribution < 1.29 is 9.53 Å². The molecule has 2 heterocycles. The van der Waals surface area contributed by atoms with Crippen LogP contribution in [0.15, 0.2) is 11.6 Å². The highest BCUT2D eigenvalue weighted by atomic mass is 16.5. The molecule has 2 saturated heterocycles. The molecule has 1 amide bonds. The first kappa shape index (κ1) is 12.6. The third-order valence-corrected chi connectivity index (χ3v) is 3.49. The highest BCUT2D eigenvalue weighted by Crippen LogP contribution is 2.13. The standard InChI is InChI=1S/C13H22N2O2/c16-13(9-11-1-5-14-6-2-11)15-10-12-3-7-17-8-4-12/h9,12,14H,1-8,10H2,(H,15,16). The lowest BCUT2D eigenvalue weighted by atomic mass is 10.0. The number of hydrogen-bond acceptors (Lipinski definition) is 3. The third kappa shape index (κ3) is 4.48. The number of amides is 1. The first-order chi connectivity index (χ1) is 8.34. The Morgan fingerprint density at radius 2 is 2.06 bits per heavy atom. The van der Waals surface area contributed by atoms with E-state index in [0.717, 1.165) is 58.5 Å². The Kier molecular flexibility index (Phi) is 5.01. The number of piperidine rings is 1. The summed E-state index contributed by atoms with van der Waals surface area (Å²) < 4.78 is 5.30. The lowest BCUT2D eigenvalue weighted by molar-refractivity contribution is -0.116. The molecule has 0 aromatic rings. The van der Waals surface area contributed by atoms with Gasteiger partial charge in [-0.05, 0) is 44.7 Å². The summed E-state index contributed by atoms with van der Waals surface area (Å²) in [5.41, 5.74) is 1.27. The van der Waals surface area contributed by atoms with Crippen molar-refractivity contribution in [2.45, 2.75) is 25.7 Å². The van der Waals surface area contributed by atoms with E-state index in [4.69, 9.17) is 4.74 Å². The maximum absolute atomic E-state index is 11.7. The summed E-state index contributed by atoms with van der Waals surface area (Å²) in [7, 11) is 0. The molecular weight excluding hydrogens is 216 g/mol. The molecule has 0 atom stereocenters. The summed E-state index contributed by atoms with van der Waals surface area (Å²) in [5, 5.41) is 6.29. The van der Waals surface area contributed by atoms with Crippen molar-refractivity contribution in [2.24, 2.45) is 5.92 Å². The van der Waals surface area contributed by atoms with Gasteiger partial charge in [0, 0.05) is 25.8 Å².